The molecule has 272 valence electrons. The standard InChI is InChI=1S/C58H34O/c1-2-19-39-35(15-1)16-14-30-44(39)54-49-27-10-8-25-47(49)53(48-26-9-11-28-50(48)54)38-18-13-17-36(33-38)37-31-32-43-41-21-4-7-24-46(41)56-55-45-23-6-3-20-40(45)42-22-5-12-29-51(42)57(55)59-58(56)52(43)34-37/h1-34H. The van der Waals surface area contributed by atoms with Gasteiger partial charge in [-0.15, -0.1) is 0 Å². The summed E-state index contributed by atoms with van der Waals surface area (Å²) in [6.45, 7) is 0. The van der Waals surface area contributed by atoms with E-state index in [9.17, 15) is 0 Å². The van der Waals surface area contributed by atoms with Crippen LogP contribution in [-0.4, -0.2) is 0 Å². The van der Waals surface area contributed by atoms with Crippen molar-refractivity contribution >= 4 is 97.3 Å². The molecular weight excluding hydrogens is 713 g/mol. The predicted molar refractivity (Wildman–Crippen MR) is 253 cm³/mol. The number of fused-ring (bicyclic) bond motifs is 16. The normalized spacial score (nSPS) is 12.1. The number of hydrogen-bond acceptors (Lipinski definition) is 1. The second kappa shape index (κ2) is 12.4. The highest BCUT2D eigenvalue weighted by Crippen LogP contribution is 2.48. The van der Waals surface area contributed by atoms with Gasteiger partial charge in [-0.2, -0.15) is 0 Å². The Hall–Kier alpha value is -7.74. The van der Waals surface area contributed by atoms with E-state index in [2.05, 4.69) is 206 Å². The van der Waals surface area contributed by atoms with E-state index < -0.39 is 0 Å². The van der Waals surface area contributed by atoms with E-state index in [1.807, 2.05) is 0 Å². The van der Waals surface area contributed by atoms with Gasteiger partial charge in [0.2, 0.25) is 0 Å². The van der Waals surface area contributed by atoms with Gasteiger partial charge in [0.25, 0.3) is 0 Å². The van der Waals surface area contributed by atoms with E-state index in [1.54, 1.807) is 0 Å². The Kier molecular flexibility index (Phi) is 6.79. The van der Waals surface area contributed by atoms with Gasteiger partial charge in [0, 0.05) is 21.5 Å². The van der Waals surface area contributed by atoms with Crippen LogP contribution in [0.15, 0.2) is 211 Å². The Morgan fingerprint density at radius 3 is 1.31 bits per heavy atom. The van der Waals surface area contributed by atoms with Crippen LogP contribution in [0.1, 0.15) is 0 Å². The molecule has 0 spiro atoms. The summed E-state index contributed by atoms with van der Waals surface area (Å²) in [5.74, 6) is 0. The lowest BCUT2D eigenvalue weighted by Gasteiger charge is -2.19. The molecule has 0 aliphatic rings. The molecule has 1 nitrogen and oxygen atoms in total. The topological polar surface area (TPSA) is 13.1 Å². The molecule has 0 atom stereocenters. The fourth-order valence-corrected chi connectivity index (χ4v) is 10.3. The van der Waals surface area contributed by atoms with Gasteiger partial charge < -0.3 is 4.42 Å². The molecule has 0 saturated heterocycles. The van der Waals surface area contributed by atoms with Crippen molar-refractivity contribution in [1.29, 1.82) is 0 Å². The fourth-order valence-electron chi connectivity index (χ4n) is 10.3. The third kappa shape index (κ3) is 4.62. The van der Waals surface area contributed by atoms with Gasteiger partial charge in [-0.25, -0.2) is 0 Å². The molecule has 0 radical (unpaired) electrons. The first-order valence-corrected chi connectivity index (χ1v) is 20.4. The van der Waals surface area contributed by atoms with Crippen molar-refractivity contribution in [3.63, 3.8) is 0 Å². The molecule has 1 heterocycles. The highest BCUT2D eigenvalue weighted by Gasteiger charge is 2.22. The Bertz CT molecular complexity index is 3840. The van der Waals surface area contributed by atoms with Crippen molar-refractivity contribution in [3.8, 4) is 33.4 Å². The lowest BCUT2D eigenvalue weighted by atomic mass is 9.84. The lowest BCUT2D eigenvalue weighted by Crippen LogP contribution is -1.92. The molecule has 13 aromatic rings. The average Bonchev–Trinajstić information content (AvgIpc) is 3.73. The molecule has 12 aromatic carbocycles. The minimum Gasteiger partial charge on any atom is -0.455 e. The van der Waals surface area contributed by atoms with Gasteiger partial charge in [-0.05, 0) is 110 Å². The van der Waals surface area contributed by atoms with Gasteiger partial charge in [0.15, 0.2) is 0 Å². The van der Waals surface area contributed by atoms with Crippen LogP contribution in [0, 0.1) is 0 Å². The highest BCUT2D eigenvalue weighted by molar-refractivity contribution is 6.38. The quantitative estimate of drug-likeness (QED) is 0.130. The van der Waals surface area contributed by atoms with Crippen molar-refractivity contribution < 1.29 is 4.42 Å². The molecule has 0 amide bonds. The van der Waals surface area contributed by atoms with Crippen molar-refractivity contribution in [2.24, 2.45) is 0 Å². The Morgan fingerprint density at radius 1 is 0.237 bits per heavy atom. The van der Waals surface area contributed by atoms with E-state index in [1.165, 1.54) is 103 Å². The third-order valence-corrected chi connectivity index (χ3v) is 12.8. The maximum atomic E-state index is 7.15. The first-order chi connectivity index (χ1) is 29.3. The minimum absolute atomic E-state index is 0.939. The maximum absolute atomic E-state index is 7.15. The zero-order valence-corrected chi connectivity index (χ0v) is 32.0. The first-order valence-electron chi connectivity index (χ1n) is 20.4. The third-order valence-electron chi connectivity index (χ3n) is 12.8. The maximum Gasteiger partial charge on any atom is 0.143 e. The molecule has 0 unspecified atom stereocenters. The average molecular weight is 747 g/mol. The summed E-state index contributed by atoms with van der Waals surface area (Å²) >= 11 is 0. The van der Waals surface area contributed by atoms with E-state index in [0.717, 1.165) is 27.5 Å². The lowest BCUT2D eigenvalue weighted by molar-refractivity contribution is 0.677. The summed E-state index contributed by atoms with van der Waals surface area (Å²) < 4.78 is 7.15. The van der Waals surface area contributed by atoms with Gasteiger partial charge >= 0.3 is 0 Å². The zero-order valence-electron chi connectivity index (χ0n) is 32.0. The largest absolute Gasteiger partial charge is 0.455 e. The highest BCUT2D eigenvalue weighted by atomic mass is 16.3. The Labute approximate surface area is 340 Å². The summed E-state index contributed by atoms with van der Waals surface area (Å²) in [5, 5.41) is 19.5. The van der Waals surface area contributed by atoms with Crippen LogP contribution in [-0.2, 0) is 0 Å². The molecule has 0 aliphatic carbocycles. The number of benzene rings is 12. The molecular formula is C58H34O. The van der Waals surface area contributed by atoms with Crippen molar-refractivity contribution in [2.75, 3.05) is 0 Å². The smallest absolute Gasteiger partial charge is 0.143 e. The molecule has 13 rings (SSSR count). The molecule has 1 aromatic heterocycles. The first kappa shape index (κ1) is 32.4. The van der Waals surface area contributed by atoms with Gasteiger partial charge in [0.05, 0.1) is 0 Å². The SMILES string of the molecule is c1cc(-c2ccc3c4ccccc4c4c(oc5c6ccccc6c6ccccc6c54)c3c2)cc(-c2c3ccccc3c(-c3cccc4ccccc34)c3ccccc23)c1. The molecule has 0 saturated carbocycles. The molecule has 59 heavy (non-hydrogen) atoms. The number of furan rings is 1. The number of rotatable bonds is 3. The van der Waals surface area contributed by atoms with Crippen LogP contribution < -0.4 is 0 Å². The Balaban J connectivity index is 1.07. The van der Waals surface area contributed by atoms with Crippen LogP contribution in [0.2, 0.25) is 0 Å². The van der Waals surface area contributed by atoms with Crippen molar-refractivity contribution in [3.05, 3.63) is 206 Å². The van der Waals surface area contributed by atoms with Crippen LogP contribution in [0.5, 0.6) is 0 Å². The fraction of sp³-hybridized carbons (Fsp3) is 0. The molecule has 0 bridgehead atoms. The van der Waals surface area contributed by atoms with Crippen molar-refractivity contribution in [2.45, 2.75) is 0 Å². The van der Waals surface area contributed by atoms with Gasteiger partial charge in [-0.1, -0.05) is 194 Å². The zero-order chi connectivity index (χ0) is 38.6. The van der Waals surface area contributed by atoms with Crippen LogP contribution in [0.3, 0.4) is 0 Å². The van der Waals surface area contributed by atoms with E-state index >= 15 is 0 Å². The van der Waals surface area contributed by atoms with E-state index in [0.29, 0.717) is 0 Å². The van der Waals surface area contributed by atoms with Gasteiger partial charge in [0.1, 0.15) is 11.2 Å². The number of hydrogen-bond donors (Lipinski definition) is 0. The van der Waals surface area contributed by atoms with Crippen LogP contribution in [0.25, 0.3) is 131 Å². The molecule has 0 N–H and O–H groups in total. The summed E-state index contributed by atoms with van der Waals surface area (Å²) in [4.78, 5) is 0. The van der Waals surface area contributed by atoms with Gasteiger partial charge in [-0.3, -0.25) is 0 Å². The summed E-state index contributed by atoms with van der Waals surface area (Å²) in [7, 11) is 0. The van der Waals surface area contributed by atoms with E-state index in [-0.39, 0.29) is 0 Å². The molecule has 0 fully saturated rings. The monoisotopic (exact) mass is 746 g/mol. The Morgan fingerprint density at radius 2 is 0.661 bits per heavy atom. The summed E-state index contributed by atoms with van der Waals surface area (Å²) in [6, 6.07) is 75.6. The summed E-state index contributed by atoms with van der Waals surface area (Å²) in [6.07, 6.45) is 0. The van der Waals surface area contributed by atoms with Crippen molar-refractivity contribution in [1.82, 2.24) is 0 Å². The molecule has 1 heteroatoms. The predicted octanol–water partition coefficient (Wildman–Crippen LogP) is 16.7. The summed E-state index contributed by atoms with van der Waals surface area (Å²) in [5.41, 5.74) is 9.22. The van der Waals surface area contributed by atoms with Crippen LogP contribution >= 0.6 is 0 Å². The molecule has 0 aliphatic heterocycles. The van der Waals surface area contributed by atoms with E-state index in [4.69, 9.17) is 4.42 Å². The van der Waals surface area contributed by atoms with Crippen LogP contribution in [0.4, 0.5) is 0 Å². The second-order valence-electron chi connectivity index (χ2n) is 15.9. The minimum atomic E-state index is 0.939. The second-order valence-corrected chi connectivity index (χ2v) is 15.9.